The molecular formula is C16H36N2. The van der Waals surface area contributed by atoms with Gasteiger partial charge in [-0.3, -0.25) is 4.90 Å². The van der Waals surface area contributed by atoms with Gasteiger partial charge < -0.3 is 4.90 Å². The molecule has 0 amide bonds. The summed E-state index contributed by atoms with van der Waals surface area (Å²) in [6, 6.07) is 0. The van der Waals surface area contributed by atoms with E-state index in [-0.39, 0.29) is 0 Å². The van der Waals surface area contributed by atoms with Crippen LogP contribution in [-0.2, 0) is 0 Å². The van der Waals surface area contributed by atoms with Crippen LogP contribution in [0.1, 0.15) is 61.3 Å². The maximum absolute atomic E-state index is 2.67. The highest BCUT2D eigenvalue weighted by molar-refractivity contribution is 4.99. The Morgan fingerprint density at radius 3 is 1.78 bits per heavy atom. The third kappa shape index (κ3) is 4.55. The lowest BCUT2D eigenvalue weighted by atomic mass is 9.73. The molecule has 2 heteroatoms. The van der Waals surface area contributed by atoms with Crippen molar-refractivity contribution in [2.24, 2.45) is 5.41 Å². The average molecular weight is 256 g/mol. The third-order valence-corrected chi connectivity index (χ3v) is 3.82. The first kappa shape index (κ1) is 17.9. The molecule has 1 spiro atoms. The third-order valence-electron chi connectivity index (χ3n) is 3.82. The molecule has 0 aromatic heterocycles. The van der Waals surface area contributed by atoms with Gasteiger partial charge in [-0.25, -0.2) is 0 Å². The molecule has 0 radical (unpaired) electrons. The van der Waals surface area contributed by atoms with Crippen molar-refractivity contribution < 1.29 is 0 Å². The number of hydrogen-bond acceptors (Lipinski definition) is 2. The summed E-state index contributed by atoms with van der Waals surface area (Å²) < 4.78 is 0. The maximum Gasteiger partial charge on any atom is 0.0125 e. The van der Waals surface area contributed by atoms with Crippen LogP contribution < -0.4 is 0 Å². The Kier molecular flexibility index (Phi) is 7.46. The van der Waals surface area contributed by atoms with Gasteiger partial charge in [-0.1, -0.05) is 27.7 Å². The predicted octanol–water partition coefficient (Wildman–Crippen LogP) is 3.86. The monoisotopic (exact) mass is 256 g/mol. The number of nitrogens with zero attached hydrogens (tertiary/aromatic N) is 2. The van der Waals surface area contributed by atoms with Gasteiger partial charge in [-0.2, -0.15) is 0 Å². The Morgan fingerprint density at radius 1 is 0.889 bits per heavy atom. The lowest BCUT2D eigenvalue weighted by Crippen LogP contribution is -2.63. The van der Waals surface area contributed by atoms with Gasteiger partial charge in [0.25, 0.3) is 0 Å². The van der Waals surface area contributed by atoms with Crippen molar-refractivity contribution in [1.82, 2.24) is 9.80 Å². The summed E-state index contributed by atoms with van der Waals surface area (Å²) in [5.41, 5.74) is 1.02. The quantitative estimate of drug-likeness (QED) is 0.649. The van der Waals surface area contributed by atoms with Crippen molar-refractivity contribution in [3.8, 4) is 0 Å². The standard InChI is InChI=1S/C12H24N2.2C2H6/c1-11(2,3)14-7-5-6-12(10-14)8-13(4)9-12;2*1-2/h5-10H2,1-4H3;2*1-2H3. The van der Waals surface area contributed by atoms with Gasteiger partial charge in [-0.05, 0) is 47.2 Å². The second-order valence-corrected chi connectivity index (χ2v) is 6.37. The van der Waals surface area contributed by atoms with Gasteiger partial charge in [0.2, 0.25) is 0 Å². The van der Waals surface area contributed by atoms with Crippen LogP contribution in [0, 0.1) is 5.41 Å². The summed E-state index contributed by atoms with van der Waals surface area (Å²) in [6.07, 6.45) is 2.84. The molecule has 0 unspecified atom stereocenters. The lowest BCUT2D eigenvalue weighted by Gasteiger charge is -2.56. The molecule has 0 atom stereocenters. The minimum absolute atomic E-state index is 0.363. The number of rotatable bonds is 0. The molecule has 0 saturated carbocycles. The van der Waals surface area contributed by atoms with E-state index in [0.717, 1.165) is 0 Å². The zero-order chi connectivity index (χ0) is 14.4. The zero-order valence-electron chi connectivity index (χ0n) is 14.1. The molecule has 2 rings (SSSR count). The summed E-state index contributed by atoms with van der Waals surface area (Å²) in [4.78, 5) is 5.12. The Morgan fingerprint density at radius 2 is 1.39 bits per heavy atom. The highest BCUT2D eigenvalue weighted by Gasteiger charge is 2.45. The SMILES string of the molecule is CC.CC.CN1CC2(CCCN(C(C)(C)C)C2)C1. The van der Waals surface area contributed by atoms with E-state index in [1.807, 2.05) is 27.7 Å². The molecule has 2 aliphatic rings. The second-order valence-electron chi connectivity index (χ2n) is 6.37. The first-order valence-electron chi connectivity index (χ1n) is 7.85. The first-order valence-corrected chi connectivity index (χ1v) is 7.85. The van der Waals surface area contributed by atoms with E-state index in [4.69, 9.17) is 0 Å². The minimum atomic E-state index is 0.363. The van der Waals surface area contributed by atoms with E-state index in [1.54, 1.807) is 0 Å². The van der Waals surface area contributed by atoms with Gasteiger partial charge in [0, 0.05) is 30.6 Å². The zero-order valence-corrected chi connectivity index (χ0v) is 14.1. The van der Waals surface area contributed by atoms with Crippen LogP contribution in [0.3, 0.4) is 0 Å². The summed E-state index contributed by atoms with van der Waals surface area (Å²) in [5.74, 6) is 0. The van der Waals surface area contributed by atoms with Crippen molar-refractivity contribution in [3.63, 3.8) is 0 Å². The Balaban J connectivity index is 0.000000659. The second kappa shape index (κ2) is 7.49. The fraction of sp³-hybridized carbons (Fsp3) is 1.00. The Bertz CT molecular complexity index is 206. The molecule has 0 aromatic rings. The molecule has 2 heterocycles. The summed E-state index contributed by atoms with van der Waals surface area (Å²) in [7, 11) is 2.24. The van der Waals surface area contributed by atoms with Crippen molar-refractivity contribution in [1.29, 1.82) is 0 Å². The number of piperidine rings is 1. The fourth-order valence-electron chi connectivity index (χ4n) is 3.14. The van der Waals surface area contributed by atoms with Crippen LogP contribution in [0.25, 0.3) is 0 Å². The molecule has 2 nitrogen and oxygen atoms in total. The van der Waals surface area contributed by atoms with E-state index in [1.165, 1.54) is 39.0 Å². The molecule has 2 aliphatic heterocycles. The maximum atomic E-state index is 2.67. The van der Waals surface area contributed by atoms with Crippen LogP contribution in [-0.4, -0.2) is 48.6 Å². The molecular weight excluding hydrogens is 220 g/mol. The van der Waals surface area contributed by atoms with Crippen LogP contribution in [0.5, 0.6) is 0 Å². The van der Waals surface area contributed by atoms with Gasteiger partial charge in [-0.15, -0.1) is 0 Å². The molecule has 110 valence electrons. The summed E-state index contributed by atoms with van der Waals surface area (Å²) in [5, 5.41) is 0. The number of likely N-dealkylation sites (tertiary alicyclic amines) is 2. The Labute approximate surface area is 116 Å². The molecule has 0 aromatic carbocycles. The summed E-state index contributed by atoms with van der Waals surface area (Å²) in [6.45, 7) is 20.3. The van der Waals surface area contributed by atoms with Crippen LogP contribution in [0.15, 0.2) is 0 Å². The van der Waals surface area contributed by atoms with E-state index in [2.05, 4.69) is 37.6 Å². The van der Waals surface area contributed by atoms with Crippen molar-refractivity contribution in [3.05, 3.63) is 0 Å². The summed E-state index contributed by atoms with van der Waals surface area (Å²) >= 11 is 0. The average Bonchev–Trinajstić information content (AvgIpc) is 2.32. The van der Waals surface area contributed by atoms with Crippen molar-refractivity contribution >= 4 is 0 Å². The van der Waals surface area contributed by atoms with Gasteiger partial charge in [0.05, 0.1) is 0 Å². The molecule has 2 fully saturated rings. The van der Waals surface area contributed by atoms with E-state index < -0.39 is 0 Å². The van der Waals surface area contributed by atoms with Crippen molar-refractivity contribution in [2.45, 2.75) is 66.8 Å². The van der Waals surface area contributed by atoms with Gasteiger partial charge >= 0.3 is 0 Å². The van der Waals surface area contributed by atoms with Crippen LogP contribution >= 0.6 is 0 Å². The Hall–Kier alpha value is -0.0800. The van der Waals surface area contributed by atoms with Gasteiger partial charge in [0.15, 0.2) is 0 Å². The highest BCUT2D eigenvalue weighted by atomic mass is 15.3. The number of hydrogen-bond donors (Lipinski definition) is 0. The van der Waals surface area contributed by atoms with Crippen LogP contribution in [0.4, 0.5) is 0 Å². The fourth-order valence-corrected chi connectivity index (χ4v) is 3.14. The molecule has 0 aliphatic carbocycles. The highest BCUT2D eigenvalue weighted by Crippen LogP contribution is 2.39. The van der Waals surface area contributed by atoms with E-state index in [0.29, 0.717) is 11.0 Å². The van der Waals surface area contributed by atoms with Gasteiger partial charge in [0.1, 0.15) is 0 Å². The van der Waals surface area contributed by atoms with Crippen LogP contribution in [0.2, 0.25) is 0 Å². The van der Waals surface area contributed by atoms with E-state index in [9.17, 15) is 0 Å². The lowest BCUT2D eigenvalue weighted by molar-refractivity contribution is -0.0640. The smallest absolute Gasteiger partial charge is 0.0125 e. The van der Waals surface area contributed by atoms with Crippen molar-refractivity contribution in [2.75, 3.05) is 33.2 Å². The molecule has 0 bridgehead atoms. The molecule has 2 saturated heterocycles. The minimum Gasteiger partial charge on any atom is -0.305 e. The predicted molar refractivity (Wildman–Crippen MR) is 83.2 cm³/mol. The largest absolute Gasteiger partial charge is 0.305 e. The normalized spacial score (nSPS) is 23.3. The first-order chi connectivity index (χ1) is 8.41. The molecule has 18 heavy (non-hydrogen) atoms. The topological polar surface area (TPSA) is 6.48 Å². The van der Waals surface area contributed by atoms with E-state index >= 15 is 0 Å². The molecule has 0 N–H and O–H groups in total.